The van der Waals surface area contributed by atoms with Gasteiger partial charge in [-0.2, -0.15) is 0 Å². The van der Waals surface area contributed by atoms with Crippen LogP contribution in [0, 0.1) is 5.92 Å². The van der Waals surface area contributed by atoms with Crippen molar-refractivity contribution in [2.75, 3.05) is 32.7 Å². The van der Waals surface area contributed by atoms with Crippen LogP contribution in [0.25, 0.3) is 0 Å². The highest BCUT2D eigenvalue weighted by Gasteiger charge is 2.25. The first-order valence-corrected chi connectivity index (χ1v) is 7.83. The summed E-state index contributed by atoms with van der Waals surface area (Å²) in [5, 5.41) is 3.31. The van der Waals surface area contributed by atoms with Gasteiger partial charge in [-0.1, -0.05) is 0 Å². The second kappa shape index (κ2) is 8.59. The molecule has 5 nitrogen and oxygen atoms in total. The molecule has 2 saturated heterocycles. The molecule has 122 valence electrons. The Balaban J connectivity index is 0.00000220. The highest BCUT2D eigenvalue weighted by atomic mass is 35.5. The molecule has 0 aromatic heterocycles. The Hall–Kier alpha value is -0.810. The lowest BCUT2D eigenvalue weighted by molar-refractivity contribution is -0.135. The number of amides is 2. The van der Waals surface area contributed by atoms with Crippen LogP contribution in [0.4, 0.5) is 0 Å². The number of nitrogens with zero attached hydrogens (tertiary/aromatic N) is 2. The molecule has 2 aliphatic heterocycles. The van der Waals surface area contributed by atoms with Crippen molar-refractivity contribution in [1.82, 2.24) is 15.1 Å². The van der Waals surface area contributed by atoms with Gasteiger partial charge in [0.15, 0.2) is 0 Å². The molecule has 0 aromatic rings. The topological polar surface area (TPSA) is 52.7 Å². The Bertz CT molecular complexity index is 357. The smallest absolute Gasteiger partial charge is 0.222 e. The lowest BCUT2D eigenvalue weighted by Gasteiger charge is -2.35. The van der Waals surface area contributed by atoms with Gasteiger partial charge in [0.25, 0.3) is 0 Å². The molecular weight excluding hydrogens is 290 g/mol. The molecule has 2 aliphatic rings. The van der Waals surface area contributed by atoms with Crippen LogP contribution in [0.3, 0.4) is 0 Å². The molecule has 0 aromatic carbocycles. The van der Waals surface area contributed by atoms with E-state index < -0.39 is 0 Å². The quantitative estimate of drug-likeness (QED) is 0.853. The maximum Gasteiger partial charge on any atom is 0.222 e. The fraction of sp³-hybridized carbons (Fsp3) is 0.867. The van der Waals surface area contributed by atoms with E-state index in [2.05, 4.69) is 12.2 Å². The molecule has 0 saturated carbocycles. The standard InChI is InChI=1S/C15H27N3O2.ClH/c1-12-11-16-7-10-18(12)15(20)4-3-14-5-8-17(9-6-14)13(2)19;/h12,14,16H,3-11H2,1-2H3;1H/t12-;/m0./s1. The summed E-state index contributed by atoms with van der Waals surface area (Å²) in [6.45, 7) is 8.11. The van der Waals surface area contributed by atoms with E-state index in [1.165, 1.54) is 0 Å². The SMILES string of the molecule is CC(=O)N1CCC(CCC(=O)N2CCNC[C@@H]2C)CC1.Cl. The Morgan fingerprint density at radius 1 is 1.19 bits per heavy atom. The Kier molecular flexibility index (Phi) is 7.46. The van der Waals surface area contributed by atoms with Crippen molar-refractivity contribution >= 4 is 24.2 Å². The minimum Gasteiger partial charge on any atom is -0.343 e. The largest absolute Gasteiger partial charge is 0.343 e. The van der Waals surface area contributed by atoms with E-state index in [0.717, 1.165) is 52.0 Å². The van der Waals surface area contributed by atoms with Crippen molar-refractivity contribution in [3.05, 3.63) is 0 Å². The molecule has 21 heavy (non-hydrogen) atoms. The predicted octanol–water partition coefficient (Wildman–Crippen LogP) is 1.27. The summed E-state index contributed by atoms with van der Waals surface area (Å²) in [5.41, 5.74) is 0. The van der Waals surface area contributed by atoms with Crippen molar-refractivity contribution in [1.29, 1.82) is 0 Å². The van der Waals surface area contributed by atoms with Gasteiger partial charge in [0.2, 0.25) is 11.8 Å². The molecule has 2 amide bonds. The number of carbonyl (C=O) groups excluding carboxylic acids is 2. The fourth-order valence-electron chi connectivity index (χ4n) is 3.22. The van der Waals surface area contributed by atoms with Crippen molar-refractivity contribution in [3.8, 4) is 0 Å². The highest BCUT2D eigenvalue weighted by Crippen LogP contribution is 2.22. The summed E-state index contributed by atoms with van der Waals surface area (Å²) < 4.78 is 0. The zero-order chi connectivity index (χ0) is 14.5. The van der Waals surface area contributed by atoms with E-state index >= 15 is 0 Å². The third kappa shape index (κ3) is 5.15. The van der Waals surface area contributed by atoms with Gasteiger partial charge >= 0.3 is 0 Å². The van der Waals surface area contributed by atoms with Gasteiger partial charge < -0.3 is 15.1 Å². The molecule has 1 N–H and O–H groups in total. The lowest BCUT2D eigenvalue weighted by atomic mass is 9.92. The summed E-state index contributed by atoms with van der Waals surface area (Å²) in [7, 11) is 0. The highest BCUT2D eigenvalue weighted by molar-refractivity contribution is 5.85. The van der Waals surface area contributed by atoms with Gasteiger partial charge in [-0.15, -0.1) is 12.4 Å². The van der Waals surface area contributed by atoms with E-state index in [4.69, 9.17) is 0 Å². The number of piperazine rings is 1. The average Bonchev–Trinajstić information content (AvgIpc) is 2.45. The van der Waals surface area contributed by atoms with Crippen molar-refractivity contribution < 1.29 is 9.59 Å². The van der Waals surface area contributed by atoms with Gasteiger partial charge in [-0.05, 0) is 32.1 Å². The van der Waals surface area contributed by atoms with Crippen LogP contribution < -0.4 is 5.32 Å². The number of hydrogen-bond acceptors (Lipinski definition) is 3. The molecule has 2 heterocycles. The minimum absolute atomic E-state index is 0. The molecule has 0 radical (unpaired) electrons. The molecule has 2 fully saturated rings. The number of halogens is 1. The van der Waals surface area contributed by atoms with E-state index in [-0.39, 0.29) is 18.3 Å². The van der Waals surface area contributed by atoms with E-state index in [0.29, 0.717) is 24.3 Å². The number of piperidine rings is 1. The molecule has 0 bridgehead atoms. The molecular formula is C15H28ClN3O2. The van der Waals surface area contributed by atoms with Gasteiger partial charge in [-0.3, -0.25) is 9.59 Å². The second-order valence-corrected chi connectivity index (χ2v) is 6.13. The van der Waals surface area contributed by atoms with Crippen LogP contribution in [0.15, 0.2) is 0 Å². The molecule has 2 rings (SSSR count). The first-order chi connectivity index (χ1) is 9.58. The minimum atomic E-state index is 0. The molecule has 1 atom stereocenters. The lowest BCUT2D eigenvalue weighted by Crippen LogP contribution is -2.52. The van der Waals surface area contributed by atoms with E-state index in [1.54, 1.807) is 6.92 Å². The molecule has 6 heteroatoms. The number of rotatable bonds is 3. The maximum atomic E-state index is 12.3. The fourth-order valence-corrected chi connectivity index (χ4v) is 3.22. The Labute approximate surface area is 133 Å². The van der Waals surface area contributed by atoms with Crippen molar-refractivity contribution in [3.63, 3.8) is 0 Å². The van der Waals surface area contributed by atoms with Gasteiger partial charge in [0.1, 0.15) is 0 Å². The van der Waals surface area contributed by atoms with Crippen LogP contribution in [-0.4, -0.2) is 60.4 Å². The number of nitrogens with one attached hydrogen (secondary N) is 1. The number of carbonyl (C=O) groups is 2. The first-order valence-electron chi connectivity index (χ1n) is 7.83. The third-order valence-electron chi connectivity index (χ3n) is 4.65. The number of hydrogen-bond donors (Lipinski definition) is 1. The monoisotopic (exact) mass is 317 g/mol. The van der Waals surface area contributed by atoms with Crippen LogP contribution in [0.2, 0.25) is 0 Å². The summed E-state index contributed by atoms with van der Waals surface area (Å²) in [5.74, 6) is 1.08. The van der Waals surface area contributed by atoms with Crippen LogP contribution >= 0.6 is 12.4 Å². The summed E-state index contributed by atoms with van der Waals surface area (Å²) >= 11 is 0. The summed E-state index contributed by atoms with van der Waals surface area (Å²) in [6.07, 6.45) is 3.73. The van der Waals surface area contributed by atoms with E-state index in [9.17, 15) is 9.59 Å². The second-order valence-electron chi connectivity index (χ2n) is 6.13. The Morgan fingerprint density at radius 2 is 1.86 bits per heavy atom. The van der Waals surface area contributed by atoms with Gasteiger partial charge in [-0.25, -0.2) is 0 Å². The molecule has 0 unspecified atom stereocenters. The Morgan fingerprint density at radius 3 is 2.43 bits per heavy atom. The third-order valence-corrected chi connectivity index (χ3v) is 4.65. The van der Waals surface area contributed by atoms with Crippen LogP contribution in [0.1, 0.15) is 39.5 Å². The number of likely N-dealkylation sites (tertiary alicyclic amines) is 1. The van der Waals surface area contributed by atoms with Gasteiger partial charge in [0, 0.05) is 52.1 Å². The van der Waals surface area contributed by atoms with Crippen LogP contribution in [-0.2, 0) is 9.59 Å². The van der Waals surface area contributed by atoms with Crippen molar-refractivity contribution in [2.24, 2.45) is 5.92 Å². The zero-order valence-electron chi connectivity index (χ0n) is 13.1. The van der Waals surface area contributed by atoms with Crippen LogP contribution in [0.5, 0.6) is 0 Å². The maximum absolute atomic E-state index is 12.3. The van der Waals surface area contributed by atoms with Crippen molar-refractivity contribution in [2.45, 2.75) is 45.6 Å². The predicted molar refractivity (Wildman–Crippen MR) is 85.5 cm³/mol. The normalized spacial score (nSPS) is 23.6. The summed E-state index contributed by atoms with van der Waals surface area (Å²) in [6, 6.07) is 0.316. The first kappa shape index (κ1) is 18.2. The van der Waals surface area contributed by atoms with E-state index in [1.807, 2.05) is 9.80 Å². The van der Waals surface area contributed by atoms with Gasteiger partial charge in [0.05, 0.1) is 0 Å². The molecule has 0 spiro atoms. The average molecular weight is 318 g/mol. The molecule has 0 aliphatic carbocycles. The summed E-state index contributed by atoms with van der Waals surface area (Å²) in [4.78, 5) is 27.5. The zero-order valence-corrected chi connectivity index (χ0v) is 14.0.